The Morgan fingerprint density at radius 1 is 1.50 bits per heavy atom. The number of aliphatic hydroxyl groups excluding tert-OH is 1. The molecule has 0 rings (SSSR count). The number of nitrogens with zero attached hydrogens (tertiary/aromatic N) is 2. The minimum atomic E-state index is -0.884. The van der Waals surface area contributed by atoms with Crippen LogP contribution in [0.4, 0.5) is 0 Å². The van der Waals surface area contributed by atoms with Crippen molar-refractivity contribution < 1.29 is 15.2 Å². The molecule has 0 aromatic carbocycles. The van der Waals surface area contributed by atoms with Crippen molar-refractivity contribution in [3.05, 3.63) is 5.21 Å². The fourth-order valence-corrected chi connectivity index (χ4v) is 0.717. The lowest BCUT2D eigenvalue weighted by Crippen LogP contribution is -2.60. The molecule has 0 bridgehead atoms. The van der Waals surface area contributed by atoms with Gasteiger partial charge in [-0.15, -0.1) is 5.01 Å². The van der Waals surface area contributed by atoms with E-state index in [9.17, 15) is 10.4 Å². The van der Waals surface area contributed by atoms with E-state index in [1.807, 2.05) is 0 Å². The molecule has 6 nitrogen and oxygen atoms in total. The molecule has 0 fully saturated rings. The summed E-state index contributed by atoms with van der Waals surface area (Å²) in [6.45, 7) is 0.677. The van der Waals surface area contributed by atoms with E-state index < -0.39 is 4.86 Å². The molecular weight excluding hydrogens is 162 g/mol. The minimum Gasteiger partial charge on any atom is -0.738 e. The predicted molar refractivity (Wildman–Crippen MR) is 43.4 cm³/mol. The summed E-state index contributed by atoms with van der Waals surface area (Å²) in [5.74, 6) is 0. The molecule has 1 unspecified atom stereocenters. The zero-order chi connectivity index (χ0) is 9.61. The van der Waals surface area contributed by atoms with Gasteiger partial charge in [0.25, 0.3) is 0 Å². The first kappa shape index (κ1) is 11.8. The second-order valence-corrected chi connectivity index (χ2v) is 2.82. The smallest absolute Gasteiger partial charge is 0.137 e. The van der Waals surface area contributed by atoms with Gasteiger partial charge in [0.05, 0.1) is 6.54 Å². The number of aliphatic hydroxyl groups is 1. The first-order valence-corrected chi connectivity index (χ1v) is 3.85. The van der Waals surface area contributed by atoms with Crippen molar-refractivity contribution >= 4 is 0 Å². The van der Waals surface area contributed by atoms with Crippen molar-refractivity contribution in [3.8, 4) is 0 Å². The standard InChI is InChI=1S/C6H17N3O3/c1-8(5-3-4-6-10)9(2,12)7-11/h7,10,12H,3-6H2,1-2H3. The summed E-state index contributed by atoms with van der Waals surface area (Å²) in [6, 6.07) is 0. The third-order valence-corrected chi connectivity index (χ3v) is 1.73. The molecule has 0 aliphatic rings. The van der Waals surface area contributed by atoms with Gasteiger partial charge in [-0.25, -0.2) is 0 Å². The van der Waals surface area contributed by atoms with E-state index >= 15 is 0 Å². The molecule has 0 saturated carbocycles. The molecular formula is C6H17N3O3. The molecule has 0 aliphatic carbocycles. The Morgan fingerprint density at radius 2 is 2.08 bits per heavy atom. The number of hydrogen-bond donors (Lipinski definition) is 3. The van der Waals surface area contributed by atoms with Crippen LogP contribution in [0, 0.1) is 5.21 Å². The maximum Gasteiger partial charge on any atom is 0.137 e. The molecule has 0 radical (unpaired) electrons. The third-order valence-electron chi connectivity index (χ3n) is 1.73. The Morgan fingerprint density at radius 3 is 2.50 bits per heavy atom. The topological polar surface area (TPSA) is 78.8 Å². The van der Waals surface area contributed by atoms with Gasteiger partial charge in [-0.3, -0.25) is 0 Å². The van der Waals surface area contributed by atoms with Crippen molar-refractivity contribution in [2.24, 2.45) is 0 Å². The molecule has 6 heteroatoms. The zero-order valence-electron chi connectivity index (χ0n) is 7.53. The lowest BCUT2D eigenvalue weighted by molar-refractivity contribution is -1.20. The number of rotatable bonds is 6. The largest absolute Gasteiger partial charge is 0.738 e. The van der Waals surface area contributed by atoms with E-state index in [0.717, 1.165) is 6.42 Å². The summed E-state index contributed by atoms with van der Waals surface area (Å²) in [6.07, 6.45) is 1.41. The lowest BCUT2D eigenvalue weighted by atomic mass is 10.3. The number of nitrogens with one attached hydrogen (secondary N) is 1. The molecule has 0 aliphatic heterocycles. The van der Waals surface area contributed by atoms with Crippen LogP contribution in [-0.2, 0) is 0 Å². The van der Waals surface area contributed by atoms with Crippen LogP contribution in [0.3, 0.4) is 0 Å². The van der Waals surface area contributed by atoms with E-state index in [1.165, 1.54) is 17.6 Å². The normalized spacial score (nSPS) is 16.5. The first-order valence-electron chi connectivity index (χ1n) is 3.85. The molecule has 74 valence electrons. The summed E-state index contributed by atoms with van der Waals surface area (Å²) in [5, 5.41) is 29.4. The van der Waals surface area contributed by atoms with Crippen LogP contribution in [-0.4, -0.2) is 47.4 Å². The Bertz CT molecular complexity index is 121. The monoisotopic (exact) mass is 179 g/mol. The summed E-state index contributed by atoms with van der Waals surface area (Å²) >= 11 is 0. The average molecular weight is 179 g/mol. The molecule has 0 aromatic rings. The van der Waals surface area contributed by atoms with Gasteiger partial charge in [0.15, 0.2) is 0 Å². The van der Waals surface area contributed by atoms with Crippen LogP contribution < -0.4 is 5.59 Å². The maximum absolute atomic E-state index is 10.2. The quantitative estimate of drug-likeness (QED) is 0.289. The molecule has 0 spiro atoms. The predicted octanol–water partition coefficient (Wildman–Crippen LogP) is -0.556. The highest BCUT2D eigenvalue weighted by Gasteiger charge is 2.20. The van der Waals surface area contributed by atoms with Gasteiger partial charge >= 0.3 is 0 Å². The highest BCUT2D eigenvalue weighted by molar-refractivity contribution is 4.40. The van der Waals surface area contributed by atoms with E-state index in [1.54, 1.807) is 7.05 Å². The first-order chi connectivity index (χ1) is 5.54. The van der Waals surface area contributed by atoms with Crippen molar-refractivity contribution in [2.45, 2.75) is 12.8 Å². The van der Waals surface area contributed by atoms with Gasteiger partial charge in [-0.1, -0.05) is 0 Å². The van der Waals surface area contributed by atoms with Crippen LogP contribution in [0.2, 0.25) is 0 Å². The fraction of sp³-hybridized carbons (Fsp3) is 1.00. The molecule has 1 atom stereocenters. The van der Waals surface area contributed by atoms with Crippen LogP contribution in [0.1, 0.15) is 12.8 Å². The summed E-state index contributed by atoms with van der Waals surface area (Å²) in [7, 11) is 2.94. The summed E-state index contributed by atoms with van der Waals surface area (Å²) in [4.78, 5) is -0.884. The molecule has 0 amide bonds. The van der Waals surface area contributed by atoms with Crippen LogP contribution in [0.15, 0.2) is 0 Å². The second-order valence-electron chi connectivity index (χ2n) is 2.82. The summed E-state index contributed by atoms with van der Waals surface area (Å²) < 4.78 is 0. The lowest BCUT2D eigenvalue weighted by Gasteiger charge is -2.34. The zero-order valence-corrected chi connectivity index (χ0v) is 7.53. The van der Waals surface area contributed by atoms with E-state index in [2.05, 4.69) is 0 Å². The number of hydrogen-bond acceptors (Lipinski definition) is 5. The van der Waals surface area contributed by atoms with E-state index in [0.29, 0.717) is 13.0 Å². The Kier molecular flexibility index (Phi) is 5.31. The molecule has 0 saturated heterocycles. The van der Waals surface area contributed by atoms with Crippen LogP contribution in [0.5, 0.6) is 0 Å². The molecule has 0 heterocycles. The van der Waals surface area contributed by atoms with Gasteiger partial charge in [0.1, 0.15) is 7.05 Å². The third kappa shape index (κ3) is 3.96. The van der Waals surface area contributed by atoms with Gasteiger partial charge < -0.3 is 10.3 Å². The van der Waals surface area contributed by atoms with E-state index in [-0.39, 0.29) is 6.61 Å². The Labute approximate surface area is 72.1 Å². The van der Waals surface area contributed by atoms with Gasteiger partial charge in [-0.2, -0.15) is 10.8 Å². The SMILES string of the molecule is CN(CCCCO)[N+](C)(O)N[O-]. The van der Waals surface area contributed by atoms with Gasteiger partial charge in [0, 0.05) is 13.7 Å². The van der Waals surface area contributed by atoms with Gasteiger partial charge in [-0.05, 0) is 17.7 Å². The van der Waals surface area contributed by atoms with Crippen molar-refractivity contribution in [2.75, 3.05) is 27.2 Å². The molecule has 12 heavy (non-hydrogen) atoms. The second kappa shape index (κ2) is 5.41. The number of hydroxylamine groups is 1. The van der Waals surface area contributed by atoms with Crippen LogP contribution >= 0.6 is 0 Å². The Hall–Kier alpha value is -0.240. The van der Waals surface area contributed by atoms with Gasteiger partial charge in [0.2, 0.25) is 0 Å². The summed E-state index contributed by atoms with van der Waals surface area (Å²) in [5.41, 5.74) is 1.47. The fourth-order valence-electron chi connectivity index (χ4n) is 0.717. The molecule has 0 aromatic heterocycles. The highest BCUT2D eigenvalue weighted by Crippen LogP contribution is 1.99. The highest BCUT2D eigenvalue weighted by atomic mass is 16.7. The molecule has 3 N–H and O–H groups in total. The average Bonchev–Trinajstić information content (AvgIpc) is 2.05. The van der Waals surface area contributed by atoms with E-state index in [4.69, 9.17) is 5.11 Å². The van der Waals surface area contributed by atoms with Crippen LogP contribution in [0.25, 0.3) is 0 Å². The number of unbranched alkanes of at least 4 members (excludes halogenated alkanes) is 1. The maximum atomic E-state index is 10.2. The number of quaternary nitrogens is 1. The Balaban J connectivity index is 3.63. The minimum absolute atomic E-state index is 0.133. The van der Waals surface area contributed by atoms with Crippen molar-refractivity contribution in [3.63, 3.8) is 0 Å². The van der Waals surface area contributed by atoms with Crippen molar-refractivity contribution in [1.29, 1.82) is 0 Å². The van der Waals surface area contributed by atoms with Crippen molar-refractivity contribution in [1.82, 2.24) is 10.6 Å².